The number of carbonyl (C=O) groups excluding carboxylic acids is 1. The molecule has 0 aromatic carbocycles. The number of unbranched alkanes of at least 4 members (excludes halogenated alkanes) is 2. The Bertz CT molecular complexity index is 154. The van der Waals surface area contributed by atoms with Crippen LogP contribution in [0.1, 0.15) is 32.6 Å². The molecule has 3 nitrogen and oxygen atoms in total. The summed E-state index contributed by atoms with van der Waals surface area (Å²) in [7, 11) is 0. The molecule has 0 aliphatic rings. The third kappa shape index (κ3) is 9.08. The minimum atomic E-state index is -0.395. The van der Waals surface area contributed by atoms with Gasteiger partial charge in [-0.15, -0.1) is 6.58 Å². The molecule has 0 saturated carbocycles. The van der Waals surface area contributed by atoms with Gasteiger partial charge in [-0.1, -0.05) is 12.5 Å². The molecule has 0 saturated heterocycles. The van der Waals surface area contributed by atoms with E-state index in [0.29, 0.717) is 6.61 Å². The number of carbonyl (C=O) groups is 1. The van der Waals surface area contributed by atoms with Crippen LogP contribution in [0.15, 0.2) is 12.7 Å². The second-order valence-electron chi connectivity index (χ2n) is 2.99. The van der Waals surface area contributed by atoms with Crippen LogP contribution in [0.2, 0.25) is 0 Å². The number of hydrogen-bond acceptors (Lipinski definition) is 3. The molecular formula is C10H18O3. The summed E-state index contributed by atoms with van der Waals surface area (Å²) in [5.74, 6) is -0.230. The maximum absolute atomic E-state index is 10.4. The largest absolute Gasteiger partial charge is 0.466 e. The molecule has 0 heterocycles. The Labute approximate surface area is 79.4 Å². The van der Waals surface area contributed by atoms with Crippen molar-refractivity contribution in [1.82, 2.24) is 0 Å². The van der Waals surface area contributed by atoms with Crippen molar-refractivity contribution < 1.29 is 14.6 Å². The number of ether oxygens (including phenoxy) is 1. The quantitative estimate of drug-likeness (QED) is 0.373. The van der Waals surface area contributed by atoms with Gasteiger partial charge in [0.25, 0.3) is 0 Å². The van der Waals surface area contributed by atoms with Crippen molar-refractivity contribution in [3.05, 3.63) is 12.7 Å². The smallest absolute Gasteiger partial charge is 0.302 e. The molecule has 13 heavy (non-hydrogen) atoms. The zero-order valence-corrected chi connectivity index (χ0v) is 8.16. The van der Waals surface area contributed by atoms with E-state index in [9.17, 15) is 4.79 Å². The lowest BCUT2D eigenvalue weighted by Crippen LogP contribution is -2.02. The Morgan fingerprint density at radius 1 is 1.54 bits per heavy atom. The van der Waals surface area contributed by atoms with Gasteiger partial charge in [-0.25, -0.2) is 0 Å². The van der Waals surface area contributed by atoms with Crippen LogP contribution in [-0.2, 0) is 9.53 Å². The van der Waals surface area contributed by atoms with Crippen LogP contribution in [0.5, 0.6) is 0 Å². The van der Waals surface area contributed by atoms with E-state index in [4.69, 9.17) is 9.84 Å². The summed E-state index contributed by atoms with van der Waals surface area (Å²) >= 11 is 0. The Hall–Kier alpha value is -0.830. The molecular weight excluding hydrogens is 168 g/mol. The molecule has 0 aliphatic carbocycles. The van der Waals surface area contributed by atoms with Gasteiger partial charge in [0.1, 0.15) is 0 Å². The zero-order chi connectivity index (χ0) is 10.1. The summed E-state index contributed by atoms with van der Waals surface area (Å²) in [5.41, 5.74) is 0. The Morgan fingerprint density at radius 3 is 2.77 bits per heavy atom. The summed E-state index contributed by atoms with van der Waals surface area (Å²) in [6.45, 7) is 5.37. The Balaban J connectivity index is 3.08. The van der Waals surface area contributed by atoms with Gasteiger partial charge in [0.15, 0.2) is 0 Å². The van der Waals surface area contributed by atoms with Crippen molar-refractivity contribution >= 4 is 5.97 Å². The summed E-state index contributed by atoms with van der Waals surface area (Å²) in [4.78, 5) is 10.4. The van der Waals surface area contributed by atoms with Crippen molar-refractivity contribution in [2.45, 2.75) is 38.7 Å². The molecule has 0 radical (unpaired) electrons. The third-order valence-electron chi connectivity index (χ3n) is 1.72. The molecule has 1 atom stereocenters. The average Bonchev–Trinajstić information content (AvgIpc) is 2.10. The molecule has 0 amide bonds. The monoisotopic (exact) mass is 186 g/mol. The number of aliphatic hydroxyl groups is 1. The maximum Gasteiger partial charge on any atom is 0.302 e. The van der Waals surface area contributed by atoms with Crippen molar-refractivity contribution in [2.75, 3.05) is 6.61 Å². The summed E-state index contributed by atoms with van der Waals surface area (Å²) in [6.07, 6.45) is 4.65. The van der Waals surface area contributed by atoms with E-state index in [2.05, 4.69) is 6.58 Å². The van der Waals surface area contributed by atoms with Gasteiger partial charge >= 0.3 is 5.97 Å². The molecule has 0 aromatic rings. The fraction of sp³-hybridized carbons (Fsp3) is 0.700. The second kappa shape index (κ2) is 7.80. The van der Waals surface area contributed by atoms with Gasteiger partial charge in [0.05, 0.1) is 12.7 Å². The fourth-order valence-electron chi connectivity index (χ4n) is 0.966. The lowest BCUT2D eigenvalue weighted by Gasteiger charge is -2.04. The summed E-state index contributed by atoms with van der Waals surface area (Å²) in [5, 5.41) is 9.10. The lowest BCUT2D eigenvalue weighted by atomic mass is 10.1. The maximum atomic E-state index is 10.4. The fourth-order valence-corrected chi connectivity index (χ4v) is 0.966. The van der Waals surface area contributed by atoms with Crippen LogP contribution in [-0.4, -0.2) is 23.8 Å². The predicted molar refractivity (Wildman–Crippen MR) is 51.3 cm³/mol. The van der Waals surface area contributed by atoms with E-state index in [1.54, 1.807) is 0 Å². The van der Waals surface area contributed by atoms with Crippen molar-refractivity contribution in [3.8, 4) is 0 Å². The molecule has 0 bridgehead atoms. The van der Waals surface area contributed by atoms with E-state index < -0.39 is 6.10 Å². The summed E-state index contributed by atoms with van der Waals surface area (Å²) < 4.78 is 4.75. The van der Waals surface area contributed by atoms with Gasteiger partial charge < -0.3 is 9.84 Å². The SMILES string of the molecule is C=C[C@H](O)CCCCCOC(C)=O. The van der Waals surface area contributed by atoms with Crippen LogP contribution < -0.4 is 0 Å². The molecule has 3 heteroatoms. The van der Waals surface area contributed by atoms with Crippen molar-refractivity contribution in [2.24, 2.45) is 0 Å². The molecule has 0 aromatic heterocycles. The van der Waals surface area contributed by atoms with Crippen LogP contribution in [0.25, 0.3) is 0 Å². The molecule has 0 spiro atoms. The van der Waals surface area contributed by atoms with E-state index >= 15 is 0 Å². The van der Waals surface area contributed by atoms with Crippen LogP contribution >= 0.6 is 0 Å². The average molecular weight is 186 g/mol. The van der Waals surface area contributed by atoms with Gasteiger partial charge in [0, 0.05) is 6.92 Å². The number of rotatable bonds is 7. The van der Waals surface area contributed by atoms with Gasteiger partial charge in [-0.3, -0.25) is 4.79 Å². The first-order valence-electron chi connectivity index (χ1n) is 4.60. The minimum Gasteiger partial charge on any atom is -0.466 e. The van der Waals surface area contributed by atoms with Crippen LogP contribution in [0, 0.1) is 0 Å². The second-order valence-corrected chi connectivity index (χ2v) is 2.99. The zero-order valence-electron chi connectivity index (χ0n) is 8.16. The van der Waals surface area contributed by atoms with Crippen LogP contribution in [0.4, 0.5) is 0 Å². The Morgan fingerprint density at radius 2 is 2.23 bits per heavy atom. The molecule has 0 fully saturated rings. The van der Waals surface area contributed by atoms with E-state index in [-0.39, 0.29) is 5.97 Å². The standard InChI is InChI=1S/C10H18O3/c1-3-10(12)7-5-4-6-8-13-9(2)11/h3,10,12H,1,4-8H2,2H3/t10-/m0/s1. The first-order valence-corrected chi connectivity index (χ1v) is 4.60. The predicted octanol–water partition coefficient (Wildman–Crippen LogP) is 1.66. The van der Waals surface area contributed by atoms with Gasteiger partial charge in [-0.05, 0) is 19.3 Å². The topological polar surface area (TPSA) is 46.5 Å². The van der Waals surface area contributed by atoms with Crippen molar-refractivity contribution in [1.29, 1.82) is 0 Å². The number of esters is 1. The van der Waals surface area contributed by atoms with E-state index in [0.717, 1.165) is 25.7 Å². The highest BCUT2D eigenvalue weighted by Crippen LogP contribution is 2.04. The van der Waals surface area contributed by atoms with E-state index in [1.807, 2.05) is 0 Å². The molecule has 0 aliphatic heterocycles. The highest BCUT2D eigenvalue weighted by Gasteiger charge is 1.97. The van der Waals surface area contributed by atoms with Crippen molar-refractivity contribution in [3.63, 3.8) is 0 Å². The highest BCUT2D eigenvalue weighted by molar-refractivity contribution is 5.65. The molecule has 0 rings (SSSR count). The normalized spacial score (nSPS) is 12.2. The van der Waals surface area contributed by atoms with Crippen LogP contribution in [0.3, 0.4) is 0 Å². The lowest BCUT2D eigenvalue weighted by molar-refractivity contribution is -0.141. The van der Waals surface area contributed by atoms with Gasteiger partial charge in [0.2, 0.25) is 0 Å². The number of aliphatic hydroxyl groups excluding tert-OH is 1. The van der Waals surface area contributed by atoms with E-state index in [1.165, 1.54) is 13.0 Å². The molecule has 76 valence electrons. The Kier molecular flexibility index (Phi) is 7.30. The minimum absolute atomic E-state index is 0.230. The highest BCUT2D eigenvalue weighted by atomic mass is 16.5. The third-order valence-corrected chi connectivity index (χ3v) is 1.72. The summed E-state index contributed by atoms with van der Waals surface area (Å²) in [6, 6.07) is 0. The first-order chi connectivity index (χ1) is 6.16. The van der Waals surface area contributed by atoms with Gasteiger partial charge in [-0.2, -0.15) is 0 Å². The molecule has 0 unspecified atom stereocenters. The first kappa shape index (κ1) is 12.2. The number of hydrogen-bond donors (Lipinski definition) is 1. The molecule has 1 N–H and O–H groups in total.